The number of rotatable bonds is 4. The van der Waals surface area contributed by atoms with Crippen molar-refractivity contribution in [1.29, 1.82) is 0 Å². The van der Waals surface area contributed by atoms with E-state index in [0.29, 0.717) is 16.9 Å². The van der Waals surface area contributed by atoms with Gasteiger partial charge in [-0.25, -0.2) is 13.6 Å². The summed E-state index contributed by atoms with van der Waals surface area (Å²) in [5.41, 5.74) is 1.32. The number of carboxylic acid groups (broad SMARTS) is 1. The topological polar surface area (TPSA) is 46.5 Å². The number of ether oxygens (including phenoxy) is 1. The van der Waals surface area contributed by atoms with Gasteiger partial charge in [-0.1, -0.05) is 6.07 Å². The van der Waals surface area contributed by atoms with E-state index in [4.69, 9.17) is 9.84 Å². The maximum atomic E-state index is 13.0. The second kappa shape index (κ2) is 5.69. The van der Waals surface area contributed by atoms with Crippen molar-refractivity contribution < 1.29 is 23.4 Å². The smallest absolute Gasteiger partial charge is 0.335 e. The molecule has 1 N–H and O–H groups in total. The first kappa shape index (κ1) is 14.0. The van der Waals surface area contributed by atoms with Crippen molar-refractivity contribution in [2.75, 3.05) is 0 Å². The van der Waals surface area contributed by atoms with Gasteiger partial charge in [-0.2, -0.15) is 0 Å². The van der Waals surface area contributed by atoms with E-state index >= 15 is 0 Å². The van der Waals surface area contributed by atoms with Gasteiger partial charge in [-0.05, 0) is 48.4 Å². The van der Waals surface area contributed by atoms with E-state index < -0.39 is 17.6 Å². The second-order valence-corrected chi connectivity index (χ2v) is 4.32. The molecule has 0 fully saturated rings. The molecule has 0 saturated carbocycles. The van der Waals surface area contributed by atoms with Gasteiger partial charge in [0.1, 0.15) is 12.4 Å². The van der Waals surface area contributed by atoms with Crippen LogP contribution in [0.3, 0.4) is 0 Å². The lowest BCUT2D eigenvalue weighted by Crippen LogP contribution is -2.01. The lowest BCUT2D eigenvalue weighted by molar-refractivity contribution is 0.0696. The van der Waals surface area contributed by atoms with Gasteiger partial charge in [0.25, 0.3) is 0 Å². The van der Waals surface area contributed by atoms with Crippen LogP contribution < -0.4 is 4.74 Å². The van der Waals surface area contributed by atoms with Crippen LogP contribution in [0.1, 0.15) is 21.5 Å². The summed E-state index contributed by atoms with van der Waals surface area (Å²) < 4.78 is 31.3. The Balaban J connectivity index is 2.10. The van der Waals surface area contributed by atoms with Gasteiger partial charge in [0.05, 0.1) is 5.56 Å². The lowest BCUT2D eigenvalue weighted by atomic mass is 10.1. The fourth-order valence-corrected chi connectivity index (χ4v) is 1.73. The standard InChI is InChI=1S/C15H12F2O3/c1-9-6-11(15(18)19)3-5-14(9)20-8-10-2-4-12(16)13(17)7-10/h2-7H,8H2,1H3,(H,18,19). The fourth-order valence-electron chi connectivity index (χ4n) is 1.73. The summed E-state index contributed by atoms with van der Waals surface area (Å²) in [5, 5.41) is 8.85. The molecule has 20 heavy (non-hydrogen) atoms. The highest BCUT2D eigenvalue weighted by Crippen LogP contribution is 2.21. The molecule has 0 aromatic heterocycles. The van der Waals surface area contributed by atoms with Crippen molar-refractivity contribution >= 4 is 5.97 Å². The molecule has 2 aromatic rings. The third kappa shape index (κ3) is 3.12. The van der Waals surface area contributed by atoms with Gasteiger partial charge in [0.15, 0.2) is 11.6 Å². The Morgan fingerprint density at radius 2 is 1.90 bits per heavy atom. The Morgan fingerprint density at radius 1 is 1.15 bits per heavy atom. The summed E-state index contributed by atoms with van der Waals surface area (Å²) >= 11 is 0. The van der Waals surface area contributed by atoms with Crippen molar-refractivity contribution in [3.8, 4) is 5.75 Å². The van der Waals surface area contributed by atoms with Gasteiger partial charge < -0.3 is 9.84 Å². The van der Waals surface area contributed by atoms with Crippen molar-refractivity contribution in [2.24, 2.45) is 0 Å². The average molecular weight is 278 g/mol. The molecule has 5 heteroatoms. The zero-order chi connectivity index (χ0) is 14.7. The highest BCUT2D eigenvalue weighted by molar-refractivity contribution is 5.88. The summed E-state index contributed by atoms with van der Waals surface area (Å²) in [6.45, 7) is 1.79. The monoisotopic (exact) mass is 278 g/mol. The molecule has 0 amide bonds. The largest absolute Gasteiger partial charge is 0.489 e. The predicted molar refractivity (Wildman–Crippen MR) is 68.8 cm³/mol. The normalized spacial score (nSPS) is 10.3. The Bertz CT molecular complexity index is 654. The minimum Gasteiger partial charge on any atom is -0.489 e. The molecular weight excluding hydrogens is 266 g/mol. The molecule has 3 nitrogen and oxygen atoms in total. The van der Waals surface area contributed by atoms with Crippen molar-refractivity contribution in [3.05, 3.63) is 64.7 Å². The van der Waals surface area contributed by atoms with Crippen LogP contribution in [-0.4, -0.2) is 11.1 Å². The molecule has 0 radical (unpaired) electrons. The number of hydrogen-bond acceptors (Lipinski definition) is 2. The first-order chi connectivity index (χ1) is 9.47. The Morgan fingerprint density at radius 3 is 2.50 bits per heavy atom. The van der Waals surface area contributed by atoms with Crippen molar-refractivity contribution in [3.63, 3.8) is 0 Å². The first-order valence-electron chi connectivity index (χ1n) is 5.88. The third-order valence-electron chi connectivity index (χ3n) is 2.80. The van der Waals surface area contributed by atoms with Crippen molar-refractivity contribution in [1.82, 2.24) is 0 Å². The van der Waals surface area contributed by atoms with Gasteiger partial charge in [-0.15, -0.1) is 0 Å². The van der Waals surface area contributed by atoms with E-state index in [9.17, 15) is 13.6 Å². The summed E-state index contributed by atoms with van der Waals surface area (Å²) in [4.78, 5) is 10.8. The molecule has 2 rings (SSSR count). The van der Waals surface area contributed by atoms with E-state index in [1.807, 2.05) is 0 Å². The van der Waals surface area contributed by atoms with E-state index in [1.54, 1.807) is 13.0 Å². The molecule has 0 spiro atoms. The molecule has 0 bridgehead atoms. The van der Waals surface area contributed by atoms with E-state index in [0.717, 1.165) is 12.1 Å². The Hall–Kier alpha value is -2.43. The van der Waals surface area contributed by atoms with E-state index in [-0.39, 0.29) is 12.2 Å². The summed E-state index contributed by atoms with van der Waals surface area (Å²) in [7, 11) is 0. The number of aryl methyl sites for hydroxylation is 1. The fraction of sp³-hybridized carbons (Fsp3) is 0.133. The van der Waals surface area contributed by atoms with Crippen LogP contribution in [-0.2, 0) is 6.61 Å². The molecule has 104 valence electrons. The van der Waals surface area contributed by atoms with Crippen LogP contribution in [0.25, 0.3) is 0 Å². The molecular formula is C15H12F2O3. The first-order valence-corrected chi connectivity index (χ1v) is 5.88. The van der Waals surface area contributed by atoms with Gasteiger partial charge in [0, 0.05) is 0 Å². The van der Waals surface area contributed by atoms with E-state index in [2.05, 4.69) is 0 Å². The third-order valence-corrected chi connectivity index (χ3v) is 2.80. The van der Waals surface area contributed by atoms with Crippen molar-refractivity contribution in [2.45, 2.75) is 13.5 Å². The Kier molecular flexibility index (Phi) is 3.98. The maximum absolute atomic E-state index is 13.0. The summed E-state index contributed by atoms with van der Waals surface area (Å²) in [6.07, 6.45) is 0. The van der Waals surface area contributed by atoms with Crippen LogP contribution in [0.5, 0.6) is 5.75 Å². The summed E-state index contributed by atoms with van der Waals surface area (Å²) in [6, 6.07) is 7.99. The zero-order valence-electron chi connectivity index (χ0n) is 10.7. The number of halogens is 2. The minimum atomic E-state index is -1.01. The van der Waals surface area contributed by atoms with Crippen LogP contribution >= 0.6 is 0 Å². The SMILES string of the molecule is Cc1cc(C(=O)O)ccc1OCc1ccc(F)c(F)c1. The molecule has 0 heterocycles. The number of benzene rings is 2. The van der Waals surface area contributed by atoms with Gasteiger partial charge >= 0.3 is 5.97 Å². The molecule has 0 aliphatic carbocycles. The maximum Gasteiger partial charge on any atom is 0.335 e. The Labute approximate surface area is 114 Å². The molecule has 0 atom stereocenters. The highest BCUT2D eigenvalue weighted by atomic mass is 19.2. The molecule has 0 aliphatic heterocycles. The van der Waals surface area contributed by atoms with Crippen LogP contribution in [0, 0.1) is 18.6 Å². The van der Waals surface area contributed by atoms with Crippen LogP contribution in [0.15, 0.2) is 36.4 Å². The lowest BCUT2D eigenvalue weighted by Gasteiger charge is -2.10. The second-order valence-electron chi connectivity index (χ2n) is 4.32. The van der Waals surface area contributed by atoms with Crippen LogP contribution in [0.4, 0.5) is 8.78 Å². The number of carboxylic acids is 1. The molecule has 0 unspecified atom stereocenters. The number of aromatic carboxylic acids is 1. The van der Waals surface area contributed by atoms with Gasteiger partial charge in [0.2, 0.25) is 0 Å². The van der Waals surface area contributed by atoms with E-state index in [1.165, 1.54) is 18.2 Å². The van der Waals surface area contributed by atoms with Gasteiger partial charge in [-0.3, -0.25) is 0 Å². The average Bonchev–Trinajstić information content (AvgIpc) is 2.41. The molecule has 0 saturated heterocycles. The molecule has 2 aromatic carbocycles. The number of carbonyl (C=O) groups is 1. The van der Waals surface area contributed by atoms with Crippen LogP contribution in [0.2, 0.25) is 0 Å². The highest BCUT2D eigenvalue weighted by Gasteiger charge is 2.07. The predicted octanol–water partition coefficient (Wildman–Crippen LogP) is 3.55. The molecule has 0 aliphatic rings. The summed E-state index contributed by atoms with van der Waals surface area (Å²) in [5.74, 6) is -2.35. The quantitative estimate of drug-likeness (QED) is 0.930. The zero-order valence-corrected chi connectivity index (χ0v) is 10.7. The number of hydrogen-bond donors (Lipinski definition) is 1. The minimum absolute atomic E-state index is 0.0739.